The standard InChI is InChI=1S/C15H19BrN4S/c1-11(17)13-3-2-12(10-14(13)16)19-5-7-20(8-6-19)15-18-4-9-21-15/h2-4,9-11H,5-8,17H2,1H3/t11-/m1/s1. The number of nitrogens with two attached hydrogens (primary N) is 1. The fourth-order valence-electron chi connectivity index (χ4n) is 2.61. The highest BCUT2D eigenvalue weighted by molar-refractivity contribution is 9.10. The number of benzene rings is 1. The quantitative estimate of drug-likeness (QED) is 0.905. The van der Waals surface area contributed by atoms with Crippen molar-refractivity contribution in [2.75, 3.05) is 36.0 Å². The van der Waals surface area contributed by atoms with Gasteiger partial charge in [-0.25, -0.2) is 4.98 Å². The van der Waals surface area contributed by atoms with Crippen LogP contribution >= 0.6 is 27.3 Å². The van der Waals surface area contributed by atoms with Gasteiger partial charge in [-0.15, -0.1) is 11.3 Å². The molecule has 1 aliphatic rings. The van der Waals surface area contributed by atoms with Gasteiger partial charge in [0.25, 0.3) is 0 Å². The number of halogens is 1. The molecule has 0 spiro atoms. The maximum Gasteiger partial charge on any atom is 0.185 e. The first-order chi connectivity index (χ1) is 10.1. The predicted molar refractivity (Wildman–Crippen MR) is 93.3 cm³/mol. The fraction of sp³-hybridized carbons (Fsp3) is 0.400. The minimum absolute atomic E-state index is 0.0511. The maximum absolute atomic E-state index is 5.96. The SMILES string of the molecule is C[C@@H](N)c1ccc(N2CCN(c3nccs3)CC2)cc1Br. The van der Waals surface area contributed by atoms with Crippen LogP contribution in [-0.4, -0.2) is 31.2 Å². The van der Waals surface area contributed by atoms with Crippen LogP contribution in [0.2, 0.25) is 0 Å². The number of nitrogens with zero attached hydrogens (tertiary/aromatic N) is 3. The zero-order valence-corrected chi connectivity index (χ0v) is 14.4. The van der Waals surface area contributed by atoms with E-state index in [1.807, 2.05) is 18.5 Å². The Hall–Kier alpha value is -1.11. The van der Waals surface area contributed by atoms with Crippen molar-refractivity contribution in [3.63, 3.8) is 0 Å². The van der Waals surface area contributed by atoms with E-state index in [0.717, 1.165) is 41.3 Å². The third-order valence-corrected chi connectivity index (χ3v) is 5.33. The molecular formula is C15H19BrN4S. The van der Waals surface area contributed by atoms with Gasteiger partial charge in [-0.3, -0.25) is 0 Å². The van der Waals surface area contributed by atoms with E-state index in [1.54, 1.807) is 11.3 Å². The normalized spacial score (nSPS) is 17.1. The van der Waals surface area contributed by atoms with E-state index in [9.17, 15) is 0 Å². The van der Waals surface area contributed by atoms with Crippen LogP contribution in [0.4, 0.5) is 10.8 Å². The lowest BCUT2D eigenvalue weighted by molar-refractivity contribution is 0.651. The van der Waals surface area contributed by atoms with Crippen LogP contribution in [0.1, 0.15) is 18.5 Å². The Bertz CT molecular complexity index is 592. The van der Waals surface area contributed by atoms with Crippen LogP contribution in [0.5, 0.6) is 0 Å². The summed E-state index contributed by atoms with van der Waals surface area (Å²) in [7, 11) is 0. The summed E-state index contributed by atoms with van der Waals surface area (Å²) in [4.78, 5) is 9.16. The lowest BCUT2D eigenvalue weighted by Gasteiger charge is -2.36. The summed E-state index contributed by atoms with van der Waals surface area (Å²) < 4.78 is 1.09. The second-order valence-electron chi connectivity index (χ2n) is 5.28. The van der Waals surface area contributed by atoms with E-state index in [0.29, 0.717) is 0 Å². The smallest absolute Gasteiger partial charge is 0.185 e. The Morgan fingerprint density at radius 1 is 1.24 bits per heavy atom. The molecule has 1 atom stereocenters. The van der Waals surface area contributed by atoms with Gasteiger partial charge in [0.15, 0.2) is 5.13 Å². The van der Waals surface area contributed by atoms with Crippen molar-refractivity contribution in [1.82, 2.24) is 4.98 Å². The molecule has 4 nitrogen and oxygen atoms in total. The van der Waals surface area contributed by atoms with Crippen molar-refractivity contribution in [2.45, 2.75) is 13.0 Å². The molecule has 0 aliphatic carbocycles. The van der Waals surface area contributed by atoms with Crippen molar-refractivity contribution < 1.29 is 0 Å². The first kappa shape index (κ1) is 14.8. The molecule has 2 N–H and O–H groups in total. The second-order valence-corrected chi connectivity index (χ2v) is 7.01. The molecule has 1 aromatic heterocycles. The average Bonchev–Trinajstić information content (AvgIpc) is 3.01. The number of piperazine rings is 1. The molecule has 0 radical (unpaired) electrons. The van der Waals surface area contributed by atoms with Crippen LogP contribution in [0.3, 0.4) is 0 Å². The first-order valence-electron chi connectivity index (χ1n) is 7.09. The Balaban J connectivity index is 1.68. The minimum atomic E-state index is 0.0511. The van der Waals surface area contributed by atoms with E-state index >= 15 is 0 Å². The number of anilines is 2. The summed E-state index contributed by atoms with van der Waals surface area (Å²) in [5.74, 6) is 0. The molecule has 3 rings (SSSR count). The summed E-state index contributed by atoms with van der Waals surface area (Å²) in [6.45, 7) is 6.07. The van der Waals surface area contributed by atoms with E-state index in [2.05, 4.69) is 48.9 Å². The summed E-state index contributed by atoms with van der Waals surface area (Å²) >= 11 is 5.34. The molecule has 0 unspecified atom stereocenters. The topological polar surface area (TPSA) is 45.4 Å². The zero-order valence-electron chi connectivity index (χ0n) is 12.0. The Kier molecular flexibility index (Phi) is 4.47. The van der Waals surface area contributed by atoms with Crippen molar-refractivity contribution in [1.29, 1.82) is 0 Å². The maximum atomic E-state index is 5.96. The van der Waals surface area contributed by atoms with Crippen LogP contribution in [-0.2, 0) is 0 Å². The molecule has 0 bridgehead atoms. The zero-order chi connectivity index (χ0) is 14.8. The van der Waals surface area contributed by atoms with Gasteiger partial charge >= 0.3 is 0 Å². The molecule has 1 saturated heterocycles. The third-order valence-electron chi connectivity index (χ3n) is 3.81. The van der Waals surface area contributed by atoms with Gasteiger partial charge in [0.05, 0.1) is 0 Å². The van der Waals surface area contributed by atoms with E-state index < -0.39 is 0 Å². The number of hydrogen-bond acceptors (Lipinski definition) is 5. The average molecular weight is 367 g/mol. The Morgan fingerprint density at radius 3 is 2.52 bits per heavy atom. The van der Waals surface area contributed by atoms with Crippen molar-refractivity contribution in [2.24, 2.45) is 5.73 Å². The summed E-state index contributed by atoms with van der Waals surface area (Å²) in [6.07, 6.45) is 1.87. The molecule has 1 aliphatic heterocycles. The highest BCUT2D eigenvalue weighted by Gasteiger charge is 2.19. The molecule has 2 aromatic rings. The molecule has 6 heteroatoms. The fourth-order valence-corrected chi connectivity index (χ4v) is 4.03. The van der Waals surface area contributed by atoms with Crippen molar-refractivity contribution >= 4 is 38.1 Å². The van der Waals surface area contributed by atoms with Gasteiger partial charge in [-0.2, -0.15) is 0 Å². The number of hydrogen-bond donors (Lipinski definition) is 1. The van der Waals surface area contributed by atoms with Gasteiger partial charge in [0.2, 0.25) is 0 Å². The van der Waals surface area contributed by atoms with Gasteiger partial charge in [-0.05, 0) is 24.6 Å². The minimum Gasteiger partial charge on any atom is -0.368 e. The van der Waals surface area contributed by atoms with Crippen molar-refractivity contribution in [3.05, 3.63) is 39.8 Å². The van der Waals surface area contributed by atoms with Crippen LogP contribution in [0, 0.1) is 0 Å². The monoisotopic (exact) mass is 366 g/mol. The molecule has 112 valence electrons. The van der Waals surface area contributed by atoms with Crippen LogP contribution in [0.25, 0.3) is 0 Å². The molecule has 21 heavy (non-hydrogen) atoms. The highest BCUT2D eigenvalue weighted by Crippen LogP contribution is 2.28. The van der Waals surface area contributed by atoms with E-state index in [1.165, 1.54) is 5.69 Å². The lowest BCUT2D eigenvalue weighted by Crippen LogP contribution is -2.46. The molecule has 2 heterocycles. The molecule has 0 saturated carbocycles. The van der Waals surface area contributed by atoms with Gasteiger partial charge in [0.1, 0.15) is 0 Å². The highest BCUT2D eigenvalue weighted by atomic mass is 79.9. The van der Waals surface area contributed by atoms with E-state index in [-0.39, 0.29) is 6.04 Å². The second kappa shape index (κ2) is 6.34. The number of rotatable bonds is 3. The van der Waals surface area contributed by atoms with Crippen LogP contribution < -0.4 is 15.5 Å². The van der Waals surface area contributed by atoms with Gasteiger partial charge in [-0.1, -0.05) is 22.0 Å². The van der Waals surface area contributed by atoms with Gasteiger partial charge in [0, 0.05) is 54.0 Å². The summed E-state index contributed by atoms with van der Waals surface area (Å²) in [6, 6.07) is 6.52. The third kappa shape index (κ3) is 3.22. The van der Waals surface area contributed by atoms with Gasteiger partial charge < -0.3 is 15.5 Å². The van der Waals surface area contributed by atoms with Crippen molar-refractivity contribution in [3.8, 4) is 0 Å². The molecular weight excluding hydrogens is 348 g/mol. The molecule has 1 fully saturated rings. The lowest BCUT2D eigenvalue weighted by atomic mass is 10.1. The molecule has 1 aromatic carbocycles. The first-order valence-corrected chi connectivity index (χ1v) is 8.77. The summed E-state index contributed by atoms with van der Waals surface area (Å²) in [5, 5.41) is 3.16. The predicted octanol–water partition coefficient (Wildman–Crippen LogP) is 3.25. The number of aromatic nitrogens is 1. The Labute approximate surface area is 137 Å². The Morgan fingerprint density at radius 2 is 1.95 bits per heavy atom. The van der Waals surface area contributed by atoms with E-state index in [4.69, 9.17) is 5.73 Å². The summed E-state index contributed by atoms with van der Waals surface area (Å²) in [5.41, 5.74) is 8.37. The van der Waals surface area contributed by atoms with Crippen LogP contribution in [0.15, 0.2) is 34.2 Å². The number of thiazole rings is 1. The largest absolute Gasteiger partial charge is 0.368 e. The molecule has 0 amide bonds.